The van der Waals surface area contributed by atoms with E-state index < -0.39 is 0 Å². The number of fused-ring (bicyclic) bond motifs is 2. The van der Waals surface area contributed by atoms with Crippen LogP contribution in [-0.4, -0.2) is 5.78 Å². The quantitative estimate of drug-likeness (QED) is 0.692. The molecule has 2 aliphatic rings. The first-order chi connectivity index (χ1) is 7.70. The number of ether oxygens (including phenoxy) is 1. The number of rotatable bonds is 0. The van der Waals surface area contributed by atoms with Gasteiger partial charge in [-0.3, -0.25) is 4.79 Å². The molecule has 0 atom stereocenters. The molecule has 1 aromatic rings. The number of Topliss-reactive ketones (excluding diaryl/α,β-unsaturated/α-hetero) is 1. The molecular weight excluding hydrogens is 224 g/mol. The monoisotopic (exact) mass is 236 g/mol. The Kier molecular flexibility index (Phi) is 2.30. The van der Waals surface area contributed by atoms with Crippen molar-refractivity contribution in [3.8, 4) is 0 Å². The van der Waals surface area contributed by atoms with Crippen LogP contribution in [0.1, 0.15) is 36.8 Å². The second-order valence-electron chi connectivity index (χ2n) is 4.62. The summed E-state index contributed by atoms with van der Waals surface area (Å²) in [6, 6.07) is 5.94. The highest BCUT2D eigenvalue weighted by Crippen LogP contribution is 2.46. The van der Waals surface area contributed by atoms with Gasteiger partial charge in [-0.15, -0.1) is 0 Å². The van der Waals surface area contributed by atoms with Crippen molar-refractivity contribution in [2.75, 3.05) is 0 Å². The Labute approximate surface area is 99.6 Å². The van der Waals surface area contributed by atoms with Crippen LogP contribution in [0.4, 0.5) is 0 Å². The highest BCUT2D eigenvalue weighted by atomic mass is 35.5. The van der Waals surface area contributed by atoms with Crippen LogP contribution in [-0.2, 0) is 21.7 Å². The van der Waals surface area contributed by atoms with Gasteiger partial charge >= 0.3 is 0 Å². The summed E-state index contributed by atoms with van der Waals surface area (Å²) in [5.41, 5.74) is 2.22. The zero-order valence-electron chi connectivity index (χ0n) is 8.96. The van der Waals surface area contributed by atoms with Crippen molar-refractivity contribution < 1.29 is 9.53 Å². The second-order valence-corrected chi connectivity index (χ2v) is 5.06. The van der Waals surface area contributed by atoms with Gasteiger partial charge in [0.25, 0.3) is 0 Å². The van der Waals surface area contributed by atoms with Crippen molar-refractivity contribution >= 4 is 17.4 Å². The number of hydrogen-bond donors (Lipinski definition) is 0. The molecule has 3 heteroatoms. The zero-order valence-corrected chi connectivity index (χ0v) is 9.72. The maximum absolute atomic E-state index is 11.3. The lowest BCUT2D eigenvalue weighted by atomic mass is 9.79. The van der Waals surface area contributed by atoms with E-state index in [2.05, 4.69) is 6.07 Å². The van der Waals surface area contributed by atoms with E-state index in [0.29, 0.717) is 25.2 Å². The highest BCUT2D eigenvalue weighted by Gasteiger charge is 2.42. The minimum atomic E-state index is -0.201. The maximum atomic E-state index is 11.3. The summed E-state index contributed by atoms with van der Waals surface area (Å²) in [5, 5.41) is 0.756. The molecular formula is C13H13ClO2. The van der Waals surface area contributed by atoms with Gasteiger partial charge in [0.1, 0.15) is 5.78 Å². The van der Waals surface area contributed by atoms with Gasteiger partial charge in [-0.25, -0.2) is 0 Å². The fraction of sp³-hybridized carbons (Fsp3) is 0.462. The molecule has 0 N–H and O–H groups in total. The van der Waals surface area contributed by atoms with Crippen molar-refractivity contribution in [1.82, 2.24) is 0 Å². The van der Waals surface area contributed by atoms with Crippen molar-refractivity contribution in [3.05, 3.63) is 34.3 Å². The molecule has 0 aromatic heterocycles. The van der Waals surface area contributed by atoms with Crippen LogP contribution in [0.3, 0.4) is 0 Å². The van der Waals surface area contributed by atoms with Crippen molar-refractivity contribution in [2.45, 2.75) is 37.9 Å². The lowest BCUT2D eigenvalue weighted by Gasteiger charge is -2.32. The Bertz CT molecular complexity index is 443. The van der Waals surface area contributed by atoms with Crippen LogP contribution in [0.5, 0.6) is 0 Å². The number of hydrogen-bond acceptors (Lipinski definition) is 2. The molecule has 0 radical (unpaired) electrons. The van der Waals surface area contributed by atoms with E-state index in [0.717, 1.165) is 17.9 Å². The highest BCUT2D eigenvalue weighted by molar-refractivity contribution is 6.30. The summed E-state index contributed by atoms with van der Waals surface area (Å²) < 4.78 is 5.94. The van der Waals surface area contributed by atoms with Crippen molar-refractivity contribution in [3.63, 3.8) is 0 Å². The zero-order chi connectivity index (χ0) is 11.2. The molecule has 0 saturated heterocycles. The third-order valence-corrected chi connectivity index (χ3v) is 3.91. The molecule has 1 aliphatic heterocycles. The molecule has 1 heterocycles. The Morgan fingerprint density at radius 2 is 2.00 bits per heavy atom. The maximum Gasteiger partial charge on any atom is 0.133 e. The molecule has 3 rings (SSSR count). The predicted octanol–water partition coefficient (Wildman–Crippen LogP) is 3.21. The number of ketones is 1. The molecule has 1 aromatic carbocycles. The number of carbonyl (C=O) groups is 1. The summed E-state index contributed by atoms with van der Waals surface area (Å²) in [5.74, 6) is 0.358. The summed E-state index contributed by atoms with van der Waals surface area (Å²) in [7, 11) is 0. The van der Waals surface area contributed by atoms with Crippen molar-refractivity contribution in [1.29, 1.82) is 0 Å². The molecule has 16 heavy (non-hydrogen) atoms. The first-order valence-corrected chi connectivity index (χ1v) is 6.02. The van der Waals surface area contributed by atoms with E-state index in [4.69, 9.17) is 16.3 Å². The SMILES string of the molecule is O=C1CCC2(CC1)OCc1cc(Cl)ccc12. The first-order valence-electron chi connectivity index (χ1n) is 5.64. The summed E-state index contributed by atoms with van der Waals surface area (Å²) in [4.78, 5) is 11.3. The van der Waals surface area contributed by atoms with Crippen LogP contribution < -0.4 is 0 Å². The largest absolute Gasteiger partial charge is 0.366 e. The fourth-order valence-electron chi connectivity index (χ4n) is 2.77. The molecule has 1 fully saturated rings. The number of benzene rings is 1. The van der Waals surface area contributed by atoms with Gasteiger partial charge < -0.3 is 4.74 Å². The average Bonchev–Trinajstić information content (AvgIpc) is 2.62. The van der Waals surface area contributed by atoms with E-state index in [1.54, 1.807) is 0 Å². The van der Waals surface area contributed by atoms with Gasteiger partial charge in [-0.05, 0) is 36.1 Å². The van der Waals surface area contributed by atoms with E-state index >= 15 is 0 Å². The van der Waals surface area contributed by atoms with E-state index in [9.17, 15) is 4.79 Å². The fourth-order valence-corrected chi connectivity index (χ4v) is 2.96. The molecule has 1 aliphatic carbocycles. The van der Waals surface area contributed by atoms with Gasteiger partial charge in [0.15, 0.2) is 0 Å². The predicted molar refractivity (Wildman–Crippen MR) is 61.4 cm³/mol. The molecule has 2 nitrogen and oxygen atoms in total. The molecule has 1 saturated carbocycles. The first kappa shape index (κ1) is 10.3. The van der Waals surface area contributed by atoms with E-state index in [-0.39, 0.29) is 5.60 Å². The van der Waals surface area contributed by atoms with Gasteiger partial charge in [0.2, 0.25) is 0 Å². The van der Waals surface area contributed by atoms with E-state index in [1.165, 1.54) is 11.1 Å². The Morgan fingerprint density at radius 3 is 2.75 bits per heavy atom. The molecule has 0 unspecified atom stereocenters. The lowest BCUT2D eigenvalue weighted by Crippen LogP contribution is -2.31. The third-order valence-electron chi connectivity index (χ3n) is 3.68. The smallest absolute Gasteiger partial charge is 0.133 e. The standard InChI is InChI=1S/C13H13ClO2/c14-10-1-2-12-9(7-10)8-16-13(12)5-3-11(15)4-6-13/h1-2,7H,3-6,8H2. The van der Waals surface area contributed by atoms with Crippen molar-refractivity contribution in [2.24, 2.45) is 0 Å². The van der Waals surface area contributed by atoms with E-state index in [1.807, 2.05) is 12.1 Å². The molecule has 0 amide bonds. The van der Waals surface area contributed by atoms with Crippen LogP contribution >= 0.6 is 11.6 Å². The second kappa shape index (κ2) is 3.57. The van der Waals surface area contributed by atoms with Crippen LogP contribution in [0, 0.1) is 0 Å². The van der Waals surface area contributed by atoms with Gasteiger partial charge in [-0.1, -0.05) is 17.7 Å². The number of carbonyl (C=O) groups excluding carboxylic acids is 1. The molecule has 1 spiro atoms. The van der Waals surface area contributed by atoms with Gasteiger partial charge in [0.05, 0.1) is 12.2 Å². The average molecular weight is 237 g/mol. The van der Waals surface area contributed by atoms with Gasteiger partial charge in [-0.2, -0.15) is 0 Å². The minimum absolute atomic E-state index is 0.201. The number of halogens is 1. The molecule has 84 valence electrons. The summed E-state index contributed by atoms with van der Waals surface area (Å²) in [6.45, 7) is 0.629. The summed E-state index contributed by atoms with van der Waals surface area (Å²) >= 11 is 5.96. The Balaban J connectivity index is 1.99. The lowest BCUT2D eigenvalue weighted by molar-refractivity contribution is -0.129. The topological polar surface area (TPSA) is 26.3 Å². The Morgan fingerprint density at radius 1 is 1.25 bits per heavy atom. The normalized spacial score (nSPS) is 22.4. The van der Waals surface area contributed by atoms with Gasteiger partial charge in [0, 0.05) is 17.9 Å². The Hall–Kier alpha value is -0.860. The third kappa shape index (κ3) is 1.48. The molecule has 0 bridgehead atoms. The van der Waals surface area contributed by atoms with Crippen LogP contribution in [0.15, 0.2) is 18.2 Å². The summed E-state index contributed by atoms with van der Waals surface area (Å²) in [6.07, 6.45) is 2.92. The van der Waals surface area contributed by atoms with Crippen LogP contribution in [0.25, 0.3) is 0 Å². The van der Waals surface area contributed by atoms with Crippen LogP contribution in [0.2, 0.25) is 5.02 Å². The minimum Gasteiger partial charge on any atom is -0.366 e.